The van der Waals surface area contributed by atoms with E-state index in [2.05, 4.69) is 4.98 Å². The molecule has 0 aliphatic carbocycles. The highest BCUT2D eigenvalue weighted by atomic mass is 35.5. The van der Waals surface area contributed by atoms with E-state index < -0.39 is 0 Å². The molecule has 2 aromatic rings. The van der Waals surface area contributed by atoms with Crippen LogP contribution < -0.4 is 9.47 Å². The van der Waals surface area contributed by atoms with Crippen molar-refractivity contribution in [3.63, 3.8) is 0 Å². The molecule has 3 nitrogen and oxygen atoms in total. The van der Waals surface area contributed by atoms with Gasteiger partial charge >= 0.3 is 0 Å². The summed E-state index contributed by atoms with van der Waals surface area (Å²) in [6.45, 7) is 2.34. The third-order valence-corrected chi connectivity index (χ3v) is 3.91. The number of hydrogen-bond acceptors (Lipinski definition) is 4. The van der Waals surface area contributed by atoms with Gasteiger partial charge in [0.05, 0.1) is 13.0 Å². The molecule has 6 heteroatoms. The minimum Gasteiger partial charge on any atom is -0.493 e. The zero-order valence-corrected chi connectivity index (χ0v) is 12.9. The Hall–Kier alpha value is -0.970. The summed E-state index contributed by atoms with van der Waals surface area (Å²) in [6, 6.07) is 3.49. The minimum absolute atomic E-state index is 0.309. The van der Waals surface area contributed by atoms with Gasteiger partial charge in [0, 0.05) is 27.7 Å². The summed E-state index contributed by atoms with van der Waals surface area (Å²) in [4.78, 5) is 4.35. The van der Waals surface area contributed by atoms with Crippen LogP contribution in [0, 0.1) is 6.92 Å². The third kappa shape index (κ3) is 3.53. The molecular formula is C13H13Cl2NO2S. The quantitative estimate of drug-likeness (QED) is 0.764. The summed E-state index contributed by atoms with van der Waals surface area (Å²) >= 11 is 13.5. The fourth-order valence-electron chi connectivity index (χ4n) is 1.64. The lowest BCUT2D eigenvalue weighted by Gasteiger charge is -2.13. The largest absolute Gasteiger partial charge is 0.493 e. The fourth-order valence-corrected chi connectivity index (χ4v) is 2.75. The summed E-state index contributed by atoms with van der Waals surface area (Å²) < 4.78 is 11.1. The molecule has 0 atom stereocenters. The lowest BCUT2D eigenvalue weighted by atomic mass is 10.2. The van der Waals surface area contributed by atoms with Crippen molar-refractivity contribution in [2.45, 2.75) is 19.4 Å². The molecule has 0 saturated carbocycles. The van der Waals surface area contributed by atoms with E-state index in [4.69, 9.17) is 32.7 Å². The van der Waals surface area contributed by atoms with Gasteiger partial charge in [-0.15, -0.1) is 22.9 Å². The van der Waals surface area contributed by atoms with Gasteiger partial charge in [-0.3, -0.25) is 0 Å². The highest BCUT2D eigenvalue weighted by Gasteiger charge is 2.13. The highest BCUT2D eigenvalue weighted by molar-refractivity contribution is 7.09. The average Bonchev–Trinajstić information content (AvgIpc) is 2.81. The Morgan fingerprint density at radius 2 is 2.16 bits per heavy atom. The van der Waals surface area contributed by atoms with Crippen molar-refractivity contribution in [2.24, 2.45) is 0 Å². The Balaban J connectivity index is 2.23. The summed E-state index contributed by atoms with van der Waals surface area (Å²) in [5.74, 6) is 1.51. The number of aryl methyl sites for hydroxylation is 1. The molecule has 0 aliphatic heterocycles. The lowest BCUT2D eigenvalue weighted by Crippen LogP contribution is -2.00. The van der Waals surface area contributed by atoms with Crippen molar-refractivity contribution in [1.29, 1.82) is 0 Å². The van der Waals surface area contributed by atoms with Crippen LogP contribution >= 0.6 is 34.5 Å². The minimum atomic E-state index is 0.309. The van der Waals surface area contributed by atoms with Gasteiger partial charge in [-0.2, -0.15) is 0 Å². The average molecular weight is 318 g/mol. The number of nitrogens with zero attached hydrogens (tertiary/aromatic N) is 1. The van der Waals surface area contributed by atoms with Gasteiger partial charge in [0.1, 0.15) is 11.6 Å². The predicted octanol–water partition coefficient (Wildman–Crippen LogP) is 4.43. The Bertz CT molecular complexity index is 547. The molecule has 0 radical (unpaired) electrons. The van der Waals surface area contributed by atoms with Crippen molar-refractivity contribution in [2.75, 3.05) is 7.11 Å². The molecule has 0 fully saturated rings. The van der Waals surface area contributed by atoms with Crippen LogP contribution in [0.1, 0.15) is 16.3 Å². The summed E-state index contributed by atoms with van der Waals surface area (Å²) in [5.41, 5.74) is 1.79. The normalized spacial score (nSPS) is 10.5. The lowest BCUT2D eigenvalue weighted by molar-refractivity contribution is 0.281. The second kappa shape index (κ2) is 6.46. The van der Waals surface area contributed by atoms with E-state index in [9.17, 15) is 0 Å². The Labute approximate surface area is 126 Å². The van der Waals surface area contributed by atoms with E-state index in [-0.39, 0.29) is 0 Å². The fraction of sp³-hybridized carbons (Fsp3) is 0.308. The molecule has 1 aromatic carbocycles. The molecule has 0 amide bonds. The summed E-state index contributed by atoms with van der Waals surface area (Å²) in [7, 11) is 1.57. The van der Waals surface area contributed by atoms with Crippen LogP contribution in [0.5, 0.6) is 11.5 Å². The van der Waals surface area contributed by atoms with E-state index >= 15 is 0 Å². The summed E-state index contributed by atoms with van der Waals surface area (Å²) in [6.07, 6.45) is 0. The first-order chi connectivity index (χ1) is 9.13. The van der Waals surface area contributed by atoms with E-state index in [1.807, 2.05) is 12.3 Å². The molecule has 1 aromatic heterocycles. The molecule has 0 spiro atoms. The second-order valence-corrected chi connectivity index (χ2v) is 5.55. The first-order valence-corrected chi connectivity index (χ1v) is 7.39. The maximum atomic E-state index is 6.00. The van der Waals surface area contributed by atoms with E-state index in [0.717, 1.165) is 16.3 Å². The maximum Gasteiger partial charge on any atom is 0.166 e. The van der Waals surface area contributed by atoms with E-state index in [0.29, 0.717) is 29.0 Å². The monoisotopic (exact) mass is 317 g/mol. The molecule has 19 heavy (non-hydrogen) atoms. The highest BCUT2D eigenvalue weighted by Crippen LogP contribution is 2.36. The molecule has 0 bridgehead atoms. The number of rotatable bonds is 5. The predicted molar refractivity (Wildman–Crippen MR) is 78.7 cm³/mol. The van der Waals surface area contributed by atoms with Crippen LogP contribution in [0.3, 0.4) is 0 Å². The first-order valence-electron chi connectivity index (χ1n) is 5.60. The number of hydrogen-bond donors (Lipinski definition) is 0. The third-order valence-electron chi connectivity index (χ3n) is 2.47. The van der Waals surface area contributed by atoms with Crippen molar-refractivity contribution in [3.05, 3.63) is 38.8 Å². The van der Waals surface area contributed by atoms with Gasteiger partial charge in [-0.05, 0) is 13.0 Å². The van der Waals surface area contributed by atoms with Crippen LogP contribution in [-0.4, -0.2) is 12.1 Å². The van der Waals surface area contributed by atoms with Crippen molar-refractivity contribution in [3.8, 4) is 11.5 Å². The van der Waals surface area contributed by atoms with Gasteiger partial charge in [0.25, 0.3) is 0 Å². The SMILES string of the molecule is COc1cc(Cl)cc(CCl)c1OCc1nc(C)cs1. The maximum absolute atomic E-state index is 6.00. The number of halogens is 2. The molecule has 0 aliphatic rings. The van der Waals surface area contributed by atoms with Crippen LogP contribution in [0.25, 0.3) is 0 Å². The molecule has 2 rings (SSSR count). The molecule has 0 saturated heterocycles. The smallest absolute Gasteiger partial charge is 0.166 e. The Morgan fingerprint density at radius 1 is 1.37 bits per heavy atom. The number of benzene rings is 1. The van der Waals surface area contributed by atoms with Crippen LogP contribution in [0.15, 0.2) is 17.5 Å². The van der Waals surface area contributed by atoms with E-state index in [1.54, 1.807) is 30.6 Å². The number of aromatic nitrogens is 1. The topological polar surface area (TPSA) is 31.4 Å². The first kappa shape index (κ1) is 14.4. The zero-order valence-electron chi connectivity index (χ0n) is 10.6. The van der Waals surface area contributed by atoms with Gasteiger partial charge in [-0.1, -0.05) is 11.6 Å². The summed E-state index contributed by atoms with van der Waals surface area (Å²) in [5, 5.41) is 3.47. The molecular weight excluding hydrogens is 305 g/mol. The van der Waals surface area contributed by atoms with Crippen LogP contribution in [-0.2, 0) is 12.5 Å². The molecule has 102 valence electrons. The van der Waals surface area contributed by atoms with Crippen LogP contribution in [0.4, 0.5) is 0 Å². The standard InChI is InChI=1S/C13H13Cl2NO2S/c1-8-7-19-12(16-8)6-18-13-9(5-14)3-10(15)4-11(13)17-2/h3-4,7H,5-6H2,1-2H3. The number of methoxy groups -OCH3 is 1. The van der Waals surface area contributed by atoms with Gasteiger partial charge < -0.3 is 9.47 Å². The second-order valence-electron chi connectivity index (χ2n) is 3.90. The van der Waals surface area contributed by atoms with Crippen molar-refractivity contribution < 1.29 is 9.47 Å². The molecule has 1 heterocycles. The molecule has 0 unspecified atom stereocenters. The van der Waals surface area contributed by atoms with E-state index in [1.165, 1.54) is 0 Å². The Kier molecular flexibility index (Phi) is 4.91. The Morgan fingerprint density at radius 3 is 2.74 bits per heavy atom. The molecule has 0 N–H and O–H groups in total. The van der Waals surface area contributed by atoms with Crippen molar-refractivity contribution >= 4 is 34.5 Å². The zero-order chi connectivity index (χ0) is 13.8. The number of ether oxygens (including phenoxy) is 2. The van der Waals surface area contributed by atoms with Crippen LogP contribution in [0.2, 0.25) is 5.02 Å². The number of alkyl halides is 1. The van der Waals surface area contributed by atoms with Gasteiger partial charge in [0.2, 0.25) is 0 Å². The van der Waals surface area contributed by atoms with Crippen molar-refractivity contribution in [1.82, 2.24) is 4.98 Å². The van der Waals surface area contributed by atoms with Gasteiger partial charge in [0.15, 0.2) is 11.5 Å². The van der Waals surface area contributed by atoms with Gasteiger partial charge in [-0.25, -0.2) is 4.98 Å². The number of thiazole rings is 1.